The van der Waals surface area contributed by atoms with Crippen LogP contribution in [0.5, 0.6) is 0 Å². The molecule has 0 aromatic rings. The first-order chi connectivity index (χ1) is 14.2. The molecule has 3 saturated heterocycles. The van der Waals surface area contributed by atoms with E-state index in [1.807, 2.05) is 7.05 Å². The van der Waals surface area contributed by atoms with Crippen LogP contribution >= 0.6 is 0 Å². The van der Waals surface area contributed by atoms with Crippen molar-refractivity contribution in [1.29, 1.82) is 10.5 Å². The Morgan fingerprint density at radius 2 is 1.62 bits per heavy atom. The standard InChI is InChI=1S/C22H36N6O/c1-25(8-5-9-26-14-16-29-17-15-26)22(20(18-23)19-24)28-12-6-21(7-13-28)27-10-3-2-4-11-27/h21H,2-17H2,1H3. The summed E-state index contributed by atoms with van der Waals surface area (Å²) in [5.41, 5.74) is 0.246. The summed E-state index contributed by atoms with van der Waals surface area (Å²) >= 11 is 0. The van der Waals surface area contributed by atoms with E-state index >= 15 is 0 Å². The monoisotopic (exact) mass is 400 g/mol. The van der Waals surface area contributed by atoms with Gasteiger partial charge in [0.2, 0.25) is 0 Å². The van der Waals surface area contributed by atoms with Crippen molar-refractivity contribution in [3.8, 4) is 12.1 Å². The molecule has 0 aliphatic carbocycles. The van der Waals surface area contributed by atoms with Gasteiger partial charge in [0.25, 0.3) is 0 Å². The number of hydrogen-bond donors (Lipinski definition) is 0. The van der Waals surface area contributed by atoms with E-state index in [-0.39, 0.29) is 5.57 Å². The number of nitriles is 2. The minimum absolute atomic E-state index is 0.246. The second-order valence-electron chi connectivity index (χ2n) is 8.47. The Kier molecular flexibility index (Phi) is 8.61. The molecular formula is C22H36N6O. The van der Waals surface area contributed by atoms with E-state index in [2.05, 4.69) is 31.7 Å². The lowest BCUT2D eigenvalue weighted by Crippen LogP contribution is -2.48. The Bertz CT molecular complexity index is 600. The van der Waals surface area contributed by atoms with Gasteiger partial charge in [-0.1, -0.05) is 6.42 Å². The molecule has 0 saturated carbocycles. The average Bonchev–Trinajstić information content (AvgIpc) is 2.79. The van der Waals surface area contributed by atoms with Crippen LogP contribution in [-0.4, -0.2) is 98.3 Å². The Labute approximate surface area is 176 Å². The molecule has 0 atom stereocenters. The second-order valence-corrected chi connectivity index (χ2v) is 8.47. The van der Waals surface area contributed by atoms with Crippen molar-refractivity contribution in [3.63, 3.8) is 0 Å². The molecule has 0 radical (unpaired) electrons. The van der Waals surface area contributed by atoms with Crippen molar-refractivity contribution < 1.29 is 4.74 Å². The number of piperidine rings is 2. The average molecular weight is 401 g/mol. The summed E-state index contributed by atoms with van der Waals surface area (Å²) in [4.78, 5) is 9.49. The van der Waals surface area contributed by atoms with Crippen LogP contribution in [0.25, 0.3) is 0 Å². The zero-order valence-electron chi connectivity index (χ0n) is 18.0. The molecule has 3 aliphatic rings. The molecule has 3 fully saturated rings. The van der Waals surface area contributed by atoms with E-state index in [9.17, 15) is 10.5 Å². The number of likely N-dealkylation sites (tertiary alicyclic amines) is 2. The number of ether oxygens (including phenoxy) is 1. The van der Waals surface area contributed by atoms with E-state index in [0.29, 0.717) is 6.04 Å². The van der Waals surface area contributed by atoms with Crippen molar-refractivity contribution in [2.24, 2.45) is 0 Å². The summed E-state index contributed by atoms with van der Waals surface area (Å²) in [7, 11) is 2.03. The molecule has 3 heterocycles. The largest absolute Gasteiger partial charge is 0.379 e. The fourth-order valence-electron chi connectivity index (χ4n) is 4.90. The summed E-state index contributed by atoms with van der Waals surface area (Å²) in [6.45, 7) is 9.84. The third kappa shape index (κ3) is 6.09. The normalized spacial score (nSPS) is 22.0. The summed E-state index contributed by atoms with van der Waals surface area (Å²) < 4.78 is 5.42. The maximum atomic E-state index is 9.55. The van der Waals surface area contributed by atoms with E-state index in [4.69, 9.17) is 4.74 Å². The van der Waals surface area contributed by atoms with Crippen LogP contribution in [0.15, 0.2) is 11.4 Å². The molecule has 29 heavy (non-hydrogen) atoms. The van der Waals surface area contributed by atoms with Gasteiger partial charge >= 0.3 is 0 Å². The zero-order chi connectivity index (χ0) is 20.5. The van der Waals surface area contributed by atoms with Crippen LogP contribution in [0.3, 0.4) is 0 Å². The molecule has 0 aromatic carbocycles. The highest BCUT2D eigenvalue weighted by Crippen LogP contribution is 2.25. The first-order valence-electron chi connectivity index (χ1n) is 11.3. The van der Waals surface area contributed by atoms with E-state index in [0.717, 1.165) is 77.6 Å². The predicted octanol–water partition coefficient (Wildman–Crippen LogP) is 1.85. The van der Waals surface area contributed by atoms with Gasteiger partial charge in [-0.05, 0) is 45.2 Å². The van der Waals surface area contributed by atoms with Crippen molar-refractivity contribution in [3.05, 3.63) is 11.4 Å². The molecule has 7 nitrogen and oxygen atoms in total. The Hall–Kier alpha value is -1.80. The van der Waals surface area contributed by atoms with E-state index in [1.165, 1.54) is 32.4 Å². The maximum absolute atomic E-state index is 9.55. The van der Waals surface area contributed by atoms with Gasteiger partial charge in [0.05, 0.1) is 13.2 Å². The molecule has 7 heteroatoms. The summed E-state index contributed by atoms with van der Waals surface area (Å²) in [6.07, 6.45) is 7.28. The number of rotatable bonds is 7. The highest BCUT2D eigenvalue weighted by atomic mass is 16.5. The second kappa shape index (κ2) is 11.4. The SMILES string of the molecule is CN(CCCN1CCOCC1)C(=C(C#N)C#N)N1CCC(N2CCCCC2)CC1. The van der Waals surface area contributed by atoms with E-state index in [1.54, 1.807) is 0 Å². The fraction of sp³-hybridized carbons (Fsp3) is 0.818. The smallest absolute Gasteiger partial charge is 0.169 e. The molecule has 0 aromatic heterocycles. The molecule has 160 valence electrons. The lowest BCUT2D eigenvalue weighted by atomic mass is 9.99. The lowest BCUT2D eigenvalue weighted by Gasteiger charge is -2.43. The van der Waals surface area contributed by atoms with Crippen molar-refractivity contribution in [2.45, 2.75) is 44.6 Å². The van der Waals surface area contributed by atoms with Gasteiger partial charge < -0.3 is 19.4 Å². The van der Waals surface area contributed by atoms with Crippen LogP contribution in [0.1, 0.15) is 38.5 Å². The Morgan fingerprint density at radius 3 is 2.24 bits per heavy atom. The van der Waals surface area contributed by atoms with Crippen LogP contribution in [-0.2, 0) is 4.74 Å². The molecule has 0 spiro atoms. The first-order valence-corrected chi connectivity index (χ1v) is 11.3. The highest BCUT2D eigenvalue weighted by molar-refractivity contribution is 5.39. The fourth-order valence-corrected chi connectivity index (χ4v) is 4.90. The predicted molar refractivity (Wildman–Crippen MR) is 113 cm³/mol. The number of allylic oxidation sites excluding steroid dienone is 1. The van der Waals surface area contributed by atoms with E-state index < -0.39 is 0 Å². The zero-order valence-corrected chi connectivity index (χ0v) is 18.0. The third-order valence-electron chi connectivity index (χ3n) is 6.55. The summed E-state index contributed by atoms with van der Waals surface area (Å²) in [6, 6.07) is 4.94. The molecule has 3 rings (SSSR count). The number of morpholine rings is 1. The number of nitrogens with zero attached hydrogens (tertiary/aromatic N) is 6. The Morgan fingerprint density at radius 1 is 0.966 bits per heavy atom. The van der Waals surface area contributed by atoms with Gasteiger partial charge in [-0.15, -0.1) is 0 Å². The highest BCUT2D eigenvalue weighted by Gasteiger charge is 2.29. The van der Waals surface area contributed by atoms with Gasteiger partial charge in [0, 0.05) is 52.4 Å². The van der Waals surface area contributed by atoms with Crippen LogP contribution in [0.4, 0.5) is 0 Å². The Balaban J connectivity index is 1.55. The minimum Gasteiger partial charge on any atom is -0.379 e. The van der Waals surface area contributed by atoms with Crippen molar-refractivity contribution in [2.75, 3.05) is 72.6 Å². The first kappa shape index (κ1) is 21.9. The maximum Gasteiger partial charge on any atom is 0.169 e. The topological polar surface area (TPSA) is 69.8 Å². The quantitative estimate of drug-likeness (QED) is 0.604. The van der Waals surface area contributed by atoms with Gasteiger partial charge in [-0.25, -0.2) is 0 Å². The molecule has 0 bridgehead atoms. The number of hydrogen-bond acceptors (Lipinski definition) is 7. The molecule has 0 unspecified atom stereocenters. The molecule has 0 N–H and O–H groups in total. The minimum atomic E-state index is 0.246. The molecule has 3 aliphatic heterocycles. The van der Waals surface area contributed by atoms with Gasteiger partial charge in [-0.3, -0.25) is 4.90 Å². The van der Waals surface area contributed by atoms with Gasteiger partial charge in [-0.2, -0.15) is 10.5 Å². The lowest BCUT2D eigenvalue weighted by molar-refractivity contribution is 0.0361. The van der Waals surface area contributed by atoms with Crippen LogP contribution < -0.4 is 0 Å². The summed E-state index contributed by atoms with van der Waals surface area (Å²) in [5.74, 6) is 0.828. The van der Waals surface area contributed by atoms with Gasteiger partial charge in [0.15, 0.2) is 5.57 Å². The van der Waals surface area contributed by atoms with Crippen molar-refractivity contribution >= 4 is 0 Å². The molecular weight excluding hydrogens is 364 g/mol. The van der Waals surface area contributed by atoms with Crippen LogP contribution in [0, 0.1) is 22.7 Å². The molecule has 0 amide bonds. The summed E-state index contributed by atoms with van der Waals surface area (Å²) in [5, 5.41) is 19.1. The third-order valence-corrected chi connectivity index (χ3v) is 6.55. The van der Waals surface area contributed by atoms with Crippen LogP contribution in [0.2, 0.25) is 0 Å². The van der Waals surface area contributed by atoms with Crippen molar-refractivity contribution in [1.82, 2.24) is 19.6 Å². The van der Waals surface area contributed by atoms with Gasteiger partial charge in [0.1, 0.15) is 18.0 Å².